The first kappa shape index (κ1) is 44.5. The molecule has 1 unspecified atom stereocenters. The average Bonchev–Trinajstić information content (AvgIpc) is 3.89. The Labute approximate surface area is 380 Å². The monoisotopic (exact) mass is 935 g/mol. The van der Waals surface area contributed by atoms with Gasteiger partial charge in [-0.15, -0.1) is 8.98 Å². The first-order chi connectivity index (χ1) is 32.2. The van der Waals surface area contributed by atoms with Crippen molar-refractivity contribution in [2.75, 3.05) is 11.9 Å². The van der Waals surface area contributed by atoms with Crippen molar-refractivity contribution in [2.45, 2.75) is 75.2 Å². The molecule has 9 rings (SSSR count). The smallest absolute Gasteiger partial charge is 0.332 e. The summed E-state index contributed by atoms with van der Waals surface area (Å²) in [6, 6.07) is 16.6. The molecule has 2 aromatic heterocycles. The fourth-order valence-corrected chi connectivity index (χ4v) is 8.50. The Bertz CT molecular complexity index is 3110. The lowest BCUT2D eigenvalue weighted by Crippen LogP contribution is -2.52. The summed E-state index contributed by atoms with van der Waals surface area (Å²) < 4.78 is 76.5. The second-order valence-corrected chi connectivity index (χ2v) is 17.7. The van der Waals surface area contributed by atoms with Gasteiger partial charge in [0.1, 0.15) is 40.6 Å². The van der Waals surface area contributed by atoms with E-state index in [1.807, 2.05) is 30.3 Å². The number of aromatic nitrogens is 4. The molecule has 0 radical (unpaired) electrons. The Morgan fingerprint density at radius 3 is 2.45 bits per heavy atom. The molecule has 344 valence electrons. The number of imide groups is 1. The highest BCUT2D eigenvalue weighted by atomic mass is 32.3. The molecule has 21 heteroatoms. The molecular formula is C46H40F3N9O8S. The normalized spacial score (nSPS) is 15.9. The maximum absolute atomic E-state index is 15.6. The summed E-state index contributed by atoms with van der Waals surface area (Å²) in [5.41, 5.74) is 2.00. The minimum Gasteiger partial charge on any atom is -0.487 e. The molecule has 4 N–H and O–H groups in total. The molecule has 1 saturated heterocycles. The van der Waals surface area contributed by atoms with Crippen molar-refractivity contribution in [3.63, 3.8) is 0 Å². The van der Waals surface area contributed by atoms with Crippen LogP contribution in [-0.4, -0.2) is 81.5 Å². The van der Waals surface area contributed by atoms with Gasteiger partial charge in [0.05, 0.1) is 35.1 Å². The van der Waals surface area contributed by atoms with Gasteiger partial charge in [-0.25, -0.2) is 8.78 Å². The van der Waals surface area contributed by atoms with Gasteiger partial charge in [-0.1, -0.05) is 29.5 Å². The number of carbonyl (C=O) groups excluding carboxylic acids is 5. The van der Waals surface area contributed by atoms with Gasteiger partial charge in [0.15, 0.2) is 0 Å². The van der Waals surface area contributed by atoms with Gasteiger partial charge < -0.3 is 25.6 Å². The Morgan fingerprint density at radius 1 is 0.896 bits per heavy atom. The Kier molecular flexibility index (Phi) is 12.2. The highest BCUT2D eigenvalue weighted by Crippen LogP contribution is 2.38. The lowest BCUT2D eigenvalue weighted by atomic mass is 9.98. The number of halogens is 3. The van der Waals surface area contributed by atoms with Crippen molar-refractivity contribution in [2.24, 2.45) is 0 Å². The molecule has 4 heterocycles. The van der Waals surface area contributed by atoms with Crippen LogP contribution >= 0.6 is 0 Å². The van der Waals surface area contributed by atoms with Crippen LogP contribution < -0.4 is 26.0 Å². The van der Waals surface area contributed by atoms with E-state index in [4.69, 9.17) is 4.74 Å². The number of piperidine rings is 1. The average molecular weight is 936 g/mol. The lowest BCUT2D eigenvalue weighted by molar-refractivity contribution is -0.136. The lowest BCUT2D eigenvalue weighted by Gasteiger charge is -2.29. The number of anilines is 2. The highest BCUT2D eigenvalue weighted by Gasteiger charge is 2.41. The zero-order valence-corrected chi connectivity index (χ0v) is 36.2. The molecule has 67 heavy (non-hydrogen) atoms. The number of amides is 5. The third kappa shape index (κ3) is 9.67. The third-order valence-corrected chi connectivity index (χ3v) is 12.4. The van der Waals surface area contributed by atoms with Crippen LogP contribution in [0.15, 0.2) is 90.1 Å². The number of aryl methyl sites for hydroxylation is 1. The number of ether oxygens (including phenoxy) is 1. The SMILES string of the molecule is O=C1CCC(N2Cc3c(OCc4cn(CCCCNC(=O)c5ccc(-c6cc7c(Nc8ccccc8)c(C(=O)NC8CC8)cnc7cc6F)cc5F)nn4)cc(S(=O)(=O)F)cc3C2=O)C(=O)N1. The molecule has 1 atom stereocenters. The highest BCUT2D eigenvalue weighted by molar-refractivity contribution is 7.86. The second kappa shape index (κ2) is 18.3. The van der Waals surface area contributed by atoms with E-state index in [1.165, 1.54) is 40.0 Å². The van der Waals surface area contributed by atoms with Crippen LogP contribution in [0.2, 0.25) is 0 Å². The van der Waals surface area contributed by atoms with Gasteiger partial charge in [-0.3, -0.25) is 39.0 Å². The molecule has 17 nitrogen and oxygen atoms in total. The first-order valence-corrected chi connectivity index (χ1v) is 22.7. The molecular weight excluding hydrogens is 896 g/mol. The Hall–Kier alpha value is -7.68. The van der Waals surface area contributed by atoms with Crippen LogP contribution in [0, 0.1) is 11.6 Å². The molecule has 4 aromatic carbocycles. The van der Waals surface area contributed by atoms with Gasteiger partial charge in [0.25, 0.3) is 17.7 Å². The molecule has 6 aromatic rings. The van der Waals surface area contributed by atoms with Gasteiger partial charge in [0, 0.05) is 71.6 Å². The number of nitrogens with zero attached hydrogens (tertiary/aromatic N) is 5. The van der Waals surface area contributed by atoms with Gasteiger partial charge >= 0.3 is 10.2 Å². The van der Waals surface area contributed by atoms with Crippen LogP contribution in [0.25, 0.3) is 22.0 Å². The van der Waals surface area contributed by atoms with E-state index in [0.29, 0.717) is 41.8 Å². The molecule has 1 saturated carbocycles. The number of hydrogen-bond acceptors (Lipinski definition) is 12. The van der Waals surface area contributed by atoms with E-state index in [2.05, 4.69) is 36.6 Å². The third-order valence-electron chi connectivity index (χ3n) is 11.6. The van der Waals surface area contributed by atoms with Crippen molar-refractivity contribution in [1.29, 1.82) is 0 Å². The van der Waals surface area contributed by atoms with Crippen LogP contribution in [0.1, 0.15) is 80.9 Å². The summed E-state index contributed by atoms with van der Waals surface area (Å²) in [4.78, 5) is 68.5. The van der Waals surface area contributed by atoms with Gasteiger partial charge in [0.2, 0.25) is 11.8 Å². The number of unbranched alkanes of at least 4 members (excludes halogenated alkanes) is 1. The topological polar surface area (TPSA) is 224 Å². The summed E-state index contributed by atoms with van der Waals surface area (Å²) in [6.45, 7) is 0.144. The summed E-state index contributed by atoms with van der Waals surface area (Å²) in [6.07, 6.45) is 5.75. The summed E-state index contributed by atoms with van der Waals surface area (Å²) in [5.74, 6) is -4.52. The van der Waals surface area contributed by atoms with E-state index in [9.17, 15) is 36.3 Å². The number of fused-ring (bicyclic) bond motifs is 2. The predicted octanol–water partition coefficient (Wildman–Crippen LogP) is 5.62. The summed E-state index contributed by atoms with van der Waals surface area (Å²) in [5, 5.41) is 19.7. The van der Waals surface area contributed by atoms with Crippen LogP contribution in [0.3, 0.4) is 0 Å². The predicted molar refractivity (Wildman–Crippen MR) is 234 cm³/mol. The Morgan fingerprint density at radius 2 is 1.70 bits per heavy atom. The van der Waals surface area contributed by atoms with Gasteiger partial charge in [-0.2, -0.15) is 8.42 Å². The molecule has 2 fully saturated rings. The van der Waals surface area contributed by atoms with Crippen molar-refractivity contribution in [3.8, 4) is 16.9 Å². The number of hydrogen-bond donors (Lipinski definition) is 4. The van der Waals surface area contributed by atoms with Crippen LogP contribution in [0.5, 0.6) is 5.75 Å². The summed E-state index contributed by atoms with van der Waals surface area (Å²) in [7, 11) is -5.26. The minimum absolute atomic E-state index is 0.00190. The van der Waals surface area contributed by atoms with Crippen molar-refractivity contribution >= 4 is 62.0 Å². The number of nitrogens with one attached hydrogen (secondary N) is 4. The number of pyridine rings is 1. The fourth-order valence-electron chi connectivity index (χ4n) is 8.00. The zero-order chi connectivity index (χ0) is 47.0. The van der Waals surface area contributed by atoms with E-state index >= 15 is 8.78 Å². The standard InChI is InChI=1S/C46H40F3N9O8S/c47-36-16-25(31-19-33-38(20-37(31)48)51-21-34(44(61)53-27-9-10-27)42(33)52-26-6-2-1-3-7-26)8-11-30(36)43(60)50-14-4-5-15-57-22-28(55-56-57)24-66-40-18-29(67(49,64)65)17-32-35(40)23-58(46(32)63)39-12-13-41(59)54-45(39)62/h1-3,6-8,11,16-22,27,39H,4-5,9-10,12-15,23-24H2,(H,50,60)(H,51,52)(H,53,61)(H,54,59,62). The number of carbonyl (C=O) groups is 5. The maximum Gasteiger partial charge on any atom is 0.332 e. The number of rotatable bonds is 16. The van der Waals surface area contributed by atoms with Crippen LogP contribution in [-0.2, 0) is 39.5 Å². The van der Waals surface area contributed by atoms with Crippen LogP contribution in [0.4, 0.5) is 24.0 Å². The van der Waals surface area contributed by atoms with E-state index < -0.39 is 56.4 Å². The van der Waals surface area contributed by atoms with Crippen molar-refractivity contribution in [3.05, 3.63) is 125 Å². The Balaban J connectivity index is 0.807. The summed E-state index contributed by atoms with van der Waals surface area (Å²) >= 11 is 0. The quantitative estimate of drug-likeness (QED) is 0.0528. The largest absolute Gasteiger partial charge is 0.487 e. The maximum atomic E-state index is 15.6. The number of benzene rings is 4. The molecule has 2 aliphatic heterocycles. The molecule has 0 spiro atoms. The number of para-hydroxylation sites is 1. The fraction of sp³-hybridized carbons (Fsp3) is 0.261. The van der Waals surface area contributed by atoms with Gasteiger partial charge in [-0.05, 0) is 74.1 Å². The van der Waals surface area contributed by atoms with Crippen molar-refractivity contribution < 1.29 is 49.8 Å². The first-order valence-electron chi connectivity index (χ1n) is 21.3. The zero-order valence-electron chi connectivity index (χ0n) is 35.4. The molecule has 5 amide bonds. The van der Waals surface area contributed by atoms with E-state index in [0.717, 1.165) is 31.0 Å². The van der Waals surface area contributed by atoms with E-state index in [-0.39, 0.29) is 89.1 Å². The minimum atomic E-state index is -5.26. The van der Waals surface area contributed by atoms with E-state index in [1.54, 1.807) is 6.20 Å². The van der Waals surface area contributed by atoms with Crippen molar-refractivity contribution in [1.82, 2.24) is 40.8 Å². The molecule has 3 aliphatic rings. The molecule has 1 aliphatic carbocycles. The second-order valence-electron chi connectivity index (χ2n) is 16.3. The molecule has 0 bridgehead atoms.